The zero-order valence-corrected chi connectivity index (χ0v) is 23.1. The summed E-state index contributed by atoms with van der Waals surface area (Å²) in [6.45, 7) is 26.1. The Morgan fingerprint density at radius 3 is 1.32 bits per heavy atom. The molecule has 0 spiro atoms. The smallest absolute Gasteiger partial charge is 0.242 e. The van der Waals surface area contributed by atoms with Crippen molar-refractivity contribution in [1.82, 2.24) is 0 Å². The molecule has 0 saturated carbocycles. The van der Waals surface area contributed by atoms with Crippen molar-refractivity contribution in [2.75, 3.05) is 4.93 Å². The van der Waals surface area contributed by atoms with E-state index < -0.39 is 0 Å². The molecule has 0 aliphatic rings. The third kappa shape index (κ3) is 56.3. The Morgan fingerprint density at radius 1 is 0.679 bits per heavy atom. The number of halogens is 1. The van der Waals surface area contributed by atoms with Gasteiger partial charge in [-0.25, -0.2) is 19.1 Å². The summed E-state index contributed by atoms with van der Waals surface area (Å²) in [6, 6.07) is 0. The second-order valence-electron chi connectivity index (χ2n) is 7.18. The van der Waals surface area contributed by atoms with Gasteiger partial charge < -0.3 is 0 Å². The van der Waals surface area contributed by atoms with Gasteiger partial charge in [0.15, 0.2) is 0 Å². The molecule has 0 N–H and O–H groups in total. The van der Waals surface area contributed by atoms with Crippen molar-refractivity contribution in [3.05, 3.63) is 43.4 Å². The van der Waals surface area contributed by atoms with Crippen LogP contribution in [0.3, 0.4) is 0 Å². The SMILES string of the molecule is C=C(C)CCCCC.C=C(CC)CCCCC.C=C([CH2-])CCCCC.CI.[Li+]. The van der Waals surface area contributed by atoms with E-state index in [2.05, 4.69) is 83.9 Å². The van der Waals surface area contributed by atoms with E-state index in [1.54, 1.807) is 0 Å². The summed E-state index contributed by atoms with van der Waals surface area (Å²) in [7, 11) is 0. The molecular formula is C26H52ILi. The zero-order chi connectivity index (χ0) is 21.9. The van der Waals surface area contributed by atoms with Gasteiger partial charge in [-0.3, -0.25) is 0 Å². The summed E-state index contributed by atoms with van der Waals surface area (Å²) >= 11 is 2.15. The molecule has 0 heterocycles. The van der Waals surface area contributed by atoms with Crippen LogP contribution in [-0.2, 0) is 0 Å². The first-order chi connectivity index (χ1) is 12.8. The number of alkyl halides is 1. The van der Waals surface area contributed by atoms with Gasteiger partial charge in [-0.1, -0.05) is 119 Å². The number of hydrogen-bond acceptors (Lipinski definition) is 0. The number of rotatable bonds is 13. The van der Waals surface area contributed by atoms with Gasteiger partial charge in [0.25, 0.3) is 0 Å². The van der Waals surface area contributed by atoms with Gasteiger partial charge in [0.1, 0.15) is 0 Å². The standard InChI is InChI=1S/C9H18.C8H16.C8H15.CH3I.Li/c1-4-6-7-8-9(3)5-2;2*1-4-5-6-7-8(2)3;1-2;/h3-8H2,1-2H3;2,4-7H2,1,3H3;2-7H2,1H3;1H3;/q;;-1;;+1. The van der Waals surface area contributed by atoms with Gasteiger partial charge in [0, 0.05) is 0 Å². The third-order valence-electron chi connectivity index (χ3n) is 3.97. The van der Waals surface area contributed by atoms with Gasteiger partial charge in [-0.05, 0) is 44.0 Å². The van der Waals surface area contributed by atoms with Gasteiger partial charge >= 0.3 is 18.9 Å². The van der Waals surface area contributed by atoms with Crippen molar-refractivity contribution >= 4 is 22.6 Å². The summed E-state index contributed by atoms with van der Waals surface area (Å²) < 4.78 is 0. The summed E-state index contributed by atoms with van der Waals surface area (Å²) in [6.07, 6.45) is 16.6. The Morgan fingerprint density at radius 2 is 1.04 bits per heavy atom. The Balaban J connectivity index is -0.0000000889. The largest absolute Gasteiger partial charge is 1.00 e. The second-order valence-corrected chi connectivity index (χ2v) is 7.18. The Bertz CT molecular complexity index is 288. The predicted octanol–water partition coefficient (Wildman–Crippen LogP) is 7.69. The van der Waals surface area contributed by atoms with Gasteiger partial charge in [-0.2, -0.15) is 0 Å². The van der Waals surface area contributed by atoms with Crippen LogP contribution in [0.4, 0.5) is 0 Å². The van der Waals surface area contributed by atoms with Crippen molar-refractivity contribution in [2.45, 2.75) is 118 Å². The maximum absolute atomic E-state index is 3.94. The van der Waals surface area contributed by atoms with Crippen LogP contribution >= 0.6 is 22.6 Å². The number of unbranched alkanes of at least 4 members (excludes halogenated alkanes) is 6. The summed E-state index contributed by atoms with van der Waals surface area (Å²) in [4.78, 5) is 1.97. The molecule has 0 aromatic heterocycles. The summed E-state index contributed by atoms with van der Waals surface area (Å²) in [5.41, 5.74) is 3.79. The van der Waals surface area contributed by atoms with E-state index in [1.165, 1.54) is 81.8 Å². The number of allylic oxidation sites excluding steroid dienone is 3. The fraction of sp³-hybridized carbons (Fsp3) is 0.731. The molecule has 2 heteroatoms. The van der Waals surface area contributed by atoms with Crippen molar-refractivity contribution in [1.29, 1.82) is 0 Å². The minimum atomic E-state index is 0. The molecule has 0 rings (SSSR count). The molecule has 0 amide bonds. The molecular weight excluding hydrogens is 446 g/mol. The van der Waals surface area contributed by atoms with Crippen LogP contribution in [0.5, 0.6) is 0 Å². The van der Waals surface area contributed by atoms with Crippen LogP contribution in [0.1, 0.15) is 118 Å². The molecule has 0 atom stereocenters. The first-order valence-corrected chi connectivity index (χ1v) is 13.2. The second kappa shape index (κ2) is 38.1. The summed E-state index contributed by atoms with van der Waals surface area (Å²) in [5, 5.41) is 0. The minimum Gasteiger partial charge on any atom is -0.242 e. The Hall–Kier alpha value is 0.417. The van der Waals surface area contributed by atoms with Crippen molar-refractivity contribution in [3.8, 4) is 0 Å². The number of hydrogen-bond donors (Lipinski definition) is 0. The molecule has 0 aliphatic heterocycles. The maximum atomic E-state index is 3.94. The Labute approximate surface area is 206 Å². The van der Waals surface area contributed by atoms with Gasteiger partial charge in [0.05, 0.1) is 0 Å². The van der Waals surface area contributed by atoms with E-state index in [4.69, 9.17) is 0 Å². The first kappa shape index (κ1) is 39.0. The monoisotopic (exact) mass is 498 g/mol. The molecule has 28 heavy (non-hydrogen) atoms. The van der Waals surface area contributed by atoms with E-state index in [-0.39, 0.29) is 18.9 Å². The average Bonchev–Trinajstić information content (AvgIpc) is 2.64. The first-order valence-electron chi connectivity index (χ1n) is 11.0. The normalized spacial score (nSPS) is 8.54. The van der Waals surface area contributed by atoms with E-state index in [1.807, 2.05) is 4.93 Å². The topological polar surface area (TPSA) is 0 Å². The molecule has 0 aliphatic carbocycles. The predicted molar refractivity (Wildman–Crippen MR) is 141 cm³/mol. The molecule has 0 nitrogen and oxygen atoms in total. The molecule has 0 unspecified atom stereocenters. The van der Waals surface area contributed by atoms with E-state index in [0.29, 0.717) is 0 Å². The maximum Gasteiger partial charge on any atom is 1.00 e. The fourth-order valence-corrected chi connectivity index (χ4v) is 2.10. The fourth-order valence-electron chi connectivity index (χ4n) is 2.10. The quantitative estimate of drug-likeness (QED) is 0.0610. The molecule has 0 bridgehead atoms. The van der Waals surface area contributed by atoms with Gasteiger partial charge in [-0.15, -0.1) is 6.58 Å². The van der Waals surface area contributed by atoms with Crippen LogP contribution in [0, 0.1) is 6.92 Å². The van der Waals surface area contributed by atoms with Crippen LogP contribution in [0.25, 0.3) is 0 Å². The molecule has 0 saturated heterocycles. The molecule has 0 aromatic rings. The molecule has 0 radical (unpaired) electrons. The molecule has 164 valence electrons. The third-order valence-corrected chi connectivity index (χ3v) is 3.97. The van der Waals surface area contributed by atoms with E-state index in [0.717, 1.165) is 18.4 Å². The van der Waals surface area contributed by atoms with Crippen molar-refractivity contribution in [3.63, 3.8) is 0 Å². The van der Waals surface area contributed by atoms with Crippen LogP contribution < -0.4 is 18.9 Å². The average molecular weight is 499 g/mol. The zero-order valence-electron chi connectivity index (χ0n) is 20.9. The molecule has 0 fully saturated rings. The van der Waals surface area contributed by atoms with Crippen molar-refractivity contribution in [2.24, 2.45) is 0 Å². The van der Waals surface area contributed by atoms with Crippen LogP contribution in [-0.4, -0.2) is 4.93 Å². The van der Waals surface area contributed by atoms with Crippen LogP contribution in [0.2, 0.25) is 0 Å². The van der Waals surface area contributed by atoms with Gasteiger partial charge in [0.2, 0.25) is 0 Å². The molecule has 0 aromatic carbocycles. The van der Waals surface area contributed by atoms with Crippen molar-refractivity contribution < 1.29 is 18.9 Å². The summed E-state index contributed by atoms with van der Waals surface area (Å²) in [5.74, 6) is 0. The van der Waals surface area contributed by atoms with E-state index >= 15 is 0 Å². The van der Waals surface area contributed by atoms with E-state index in [9.17, 15) is 0 Å². The Kier molecular flexibility index (Phi) is 53.0. The van der Waals surface area contributed by atoms with Crippen LogP contribution in [0.15, 0.2) is 36.5 Å². The minimum absolute atomic E-state index is 0.